The molecule has 5 nitrogen and oxygen atoms in total. The third kappa shape index (κ3) is 2.46. The average molecular weight is 252 g/mol. The molecule has 0 aromatic carbocycles. The number of aryl methyl sites for hydroxylation is 2. The standard InChI is InChI=1S/C13H24N4O/c1-5-6-17-12(11(14)10(2)15-17)16-7-8-18-13(3,4)9-16/h5-9,14H2,1-4H3. The van der Waals surface area contributed by atoms with Gasteiger partial charge in [-0.2, -0.15) is 5.10 Å². The van der Waals surface area contributed by atoms with Crippen LogP contribution in [0.2, 0.25) is 0 Å². The Morgan fingerprint density at radius 3 is 2.78 bits per heavy atom. The van der Waals surface area contributed by atoms with E-state index >= 15 is 0 Å². The molecule has 0 bridgehead atoms. The first-order chi connectivity index (χ1) is 8.44. The van der Waals surface area contributed by atoms with Gasteiger partial charge in [-0.1, -0.05) is 6.92 Å². The second kappa shape index (κ2) is 4.80. The highest BCUT2D eigenvalue weighted by molar-refractivity contribution is 5.66. The molecule has 0 saturated carbocycles. The van der Waals surface area contributed by atoms with E-state index in [4.69, 9.17) is 10.5 Å². The fourth-order valence-electron chi connectivity index (χ4n) is 2.48. The van der Waals surface area contributed by atoms with Crippen molar-refractivity contribution < 1.29 is 4.74 Å². The van der Waals surface area contributed by atoms with Gasteiger partial charge in [0.15, 0.2) is 5.82 Å². The maximum Gasteiger partial charge on any atom is 0.150 e. The molecule has 5 heteroatoms. The van der Waals surface area contributed by atoms with E-state index in [1.807, 2.05) is 11.6 Å². The fourth-order valence-corrected chi connectivity index (χ4v) is 2.48. The normalized spacial score (nSPS) is 19.2. The summed E-state index contributed by atoms with van der Waals surface area (Å²) in [5.74, 6) is 1.06. The number of nitrogens with zero attached hydrogens (tertiary/aromatic N) is 3. The molecule has 2 heterocycles. The summed E-state index contributed by atoms with van der Waals surface area (Å²) in [5.41, 5.74) is 7.79. The maximum atomic E-state index is 6.19. The van der Waals surface area contributed by atoms with Gasteiger partial charge in [-0.15, -0.1) is 0 Å². The van der Waals surface area contributed by atoms with Gasteiger partial charge >= 0.3 is 0 Å². The van der Waals surface area contributed by atoms with Crippen molar-refractivity contribution in [3.63, 3.8) is 0 Å². The van der Waals surface area contributed by atoms with Crippen molar-refractivity contribution >= 4 is 11.5 Å². The van der Waals surface area contributed by atoms with Gasteiger partial charge < -0.3 is 15.4 Å². The zero-order valence-corrected chi connectivity index (χ0v) is 11.9. The Kier molecular flexibility index (Phi) is 3.52. The van der Waals surface area contributed by atoms with Crippen LogP contribution in [0.5, 0.6) is 0 Å². The number of aromatic nitrogens is 2. The van der Waals surface area contributed by atoms with Crippen molar-refractivity contribution in [1.29, 1.82) is 0 Å². The van der Waals surface area contributed by atoms with Gasteiger partial charge in [0.1, 0.15) is 0 Å². The molecule has 1 fully saturated rings. The van der Waals surface area contributed by atoms with Crippen LogP contribution in [0.25, 0.3) is 0 Å². The molecule has 1 aromatic heterocycles. The van der Waals surface area contributed by atoms with Crippen molar-refractivity contribution in [3.05, 3.63) is 5.69 Å². The molecule has 1 aliphatic heterocycles. The Morgan fingerprint density at radius 1 is 1.44 bits per heavy atom. The fraction of sp³-hybridized carbons (Fsp3) is 0.769. The van der Waals surface area contributed by atoms with Gasteiger partial charge in [-0.05, 0) is 27.2 Å². The molecule has 0 radical (unpaired) electrons. The summed E-state index contributed by atoms with van der Waals surface area (Å²) < 4.78 is 7.79. The van der Waals surface area contributed by atoms with E-state index < -0.39 is 0 Å². The lowest BCUT2D eigenvalue weighted by Crippen LogP contribution is -2.49. The van der Waals surface area contributed by atoms with Crippen LogP contribution < -0.4 is 10.6 Å². The first-order valence-electron chi connectivity index (χ1n) is 6.66. The number of nitrogen functional groups attached to an aromatic ring is 1. The van der Waals surface area contributed by atoms with E-state index in [1.54, 1.807) is 0 Å². The van der Waals surface area contributed by atoms with E-state index in [2.05, 4.69) is 30.8 Å². The van der Waals surface area contributed by atoms with Gasteiger partial charge in [0.25, 0.3) is 0 Å². The van der Waals surface area contributed by atoms with Gasteiger partial charge in [-0.25, -0.2) is 4.68 Å². The Bertz CT molecular complexity index is 425. The second-order valence-electron chi connectivity index (χ2n) is 5.58. The van der Waals surface area contributed by atoms with Crippen molar-refractivity contribution in [2.75, 3.05) is 30.3 Å². The largest absolute Gasteiger partial charge is 0.394 e. The van der Waals surface area contributed by atoms with Crippen molar-refractivity contribution in [3.8, 4) is 0 Å². The highest BCUT2D eigenvalue weighted by Crippen LogP contribution is 2.30. The number of anilines is 2. The van der Waals surface area contributed by atoms with Crippen LogP contribution in [0.3, 0.4) is 0 Å². The third-order valence-electron chi connectivity index (χ3n) is 3.31. The Hall–Kier alpha value is -1.23. The lowest BCUT2D eigenvalue weighted by molar-refractivity contribution is -0.0280. The molecule has 1 aromatic rings. The van der Waals surface area contributed by atoms with Gasteiger partial charge in [0.2, 0.25) is 0 Å². The monoisotopic (exact) mass is 252 g/mol. The lowest BCUT2D eigenvalue weighted by atomic mass is 10.1. The third-order valence-corrected chi connectivity index (χ3v) is 3.31. The zero-order chi connectivity index (χ0) is 13.3. The quantitative estimate of drug-likeness (QED) is 0.891. The molecular formula is C13H24N4O. The maximum absolute atomic E-state index is 6.19. The molecule has 1 aliphatic rings. The number of morpholine rings is 1. The van der Waals surface area contributed by atoms with Gasteiger partial charge in [-0.3, -0.25) is 0 Å². The van der Waals surface area contributed by atoms with Gasteiger partial charge in [0.05, 0.1) is 23.6 Å². The average Bonchev–Trinajstić information content (AvgIpc) is 2.54. The summed E-state index contributed by atoms with van der Waals surface area (Å²) >= 11 is 0. The van der Waals surface area contributed by atoms with E-state index in [-0.39, 0.29) is 5.60 Å². The molecule has 102 valence electrons. The van der Waals surface area contributed by atoms with Crippen LogP contribution in [0.15, 0.2) is 0 Å². The number of hydrogen-bond donors (Lipinski definition) is 1. The second-order valence-corrected chi connectivity index (χ2v) is 5.58. The van der Waals surface area contributed by atoms with Gasteiger partial charge in [0, 0.05) is 19.6 Å². The molecule has 1 saturated heterocycles. The first kappa shape index (κ1) is 13.2. The smallest absolute Gasteiger partial charge is 0.150 e. The summed E-state index contributed by atoms with van der Waals surface area (Å²) in [7, 11) is 0. The summed E-state index contributed by atoms with van der Waals surface area (Å²) in [6.07, 6.45) is 1.06. The summed E-state index contributed by atoms with van der Waals surface area (Å²) in [6, 6.07) is 0. The number of rotatable bonds is 3. The van der Waals surface area contributed by atoms with E-state index in [0.29, 0.717) is 0 Å². The minimum atomic E-state index is -0.125. The summed E-state index contributed by atoms with van der Waals surface area (Å²) in [5, 5.41) is 4.53. The molecular weight excluding hydrogens is 228 g/mol. The van der Waals surface area contributed by atoms with Crippen LogP contribution >= 0.6 is 0 Å². The summed E-state index contributed by atoms with van der Waals surface area (Å²) in [6.45, 7) is 11.7. The van der Waals surface area contributed by atoms with Crippen LogP contribution in [0.1, 0.15) is 32.9 Å². The van der Waals surface area contributed by atoms with E-state index in [1.165, 1.54) is 0 Å². The predicted octanol–water partition coefficient (Wildman–Crippen LogP) is 1.80. The van der Waals surface area contributed by atoms with Crippen LogP contribution in [0, 0.1) is 6.92 Å². The SMILES string of the molecule is CCCn1nc(C)c(N)c1N1CCOC(C)(C)C1. The van der Waals surface area contributed by atoms with Crippen molar-refractivity contribution in [2.45, 2.75) is 46.3 Å². The highest BCUT2D eigenvalue weighted by Gasteiger charge is 2.30. The Balaban J connectivity index is 2.31. The molecule has 0 atom stereocenters. The zero-order valence-electron chi connectivity index (χ0n) is 11.9. The summed E-state index contributed by atoms with van der Waals surface area (Å²) in [4.78, 5) is 2.30. The molecule has 0 unspecified atom stereocenters. The van der Waals surface area contributed by atoms with E-state index in [9.17, 15) is 0 Å². The van der Waals surface area contributed by atoms with Crippen LogP contribution in [0.4, 0.5) is 11.5 Å². The van der Waals surface area contributed by atoms with Crippen LogP contribution in [-0.2, 0) is 11.3 Å². The first-order valence-corrected chi connectivity index (χ1v) is 6.66. The molecule has 0 amide bonds. The number of hydrogen-bond acceptors (Lipinski definition) is 4. The van der Waals surface area contributed by atoms with E-state index in [0.717, 1.165) is 49.9 Å². The molecule has 2 rings (SSSR count). The Morgan fingerprint density at radius 2 is 2.17 bits per heavy atom. The minimum Gasteiger partial charge on any atom is -0.394 e. The molecule has 18 heavy (non-hydrogen) atoms. The number of ether oxygens (including phenoxy) is 1. The molecule has 0 spiro atoms. The minimum absolute atomic E-state index is 0.125. The number of nitrogens with two attached hydrogens (primary N) is 1. The Labute approximate surface area is 109 Å². The lowest BCUT2D eigenvalue weighted by Gasteiger charge is -2.39. The van der Waals surface area contributed by atoms with Crippen molar-refractivity contribution in [1.82, 2.24) is 9.78 Å². The highest BCUT2D eigenvalue weighted by atomic mass is 16.5. The topological polar surface area (TPSA) is 56.3 Å². The molecule has 0 aliphatic carbocycles. The predicted molar refractivity (Wildman–Crippen MR) is 73.9 cm³/mol. The van der Waals surface area contributed by atoms with Crippen LogP contribution in [-0.4, -0.2) is 35.1 Å². The van der Waals surface area contributed by atoms with Crippen molar-refractivity contribution in [2.24, 2.45) is 0 Å². The molecule has 2 N–H and O–H groups in total.